The van der Waals surface area contributed by atoms with E-state index in [1.54, 1.807) is 0 Å². The Balaban J connectivity index is 2.32. The molecule has 0 fully saturated rings. The summed E-state index contributed by atoms with van der Waals surface area (Å²) < 4.78 is 5.49. The van der Waals surface area contributed by atoms with Crippen molar-refractivity contribution in [3.05, 3.63) is 23.8 Å². The minimum Gasteiger partial charge on any atom is -0.489 e. The number of ether oxygens (including phenoxy) is 1. The Morgan fingerprint density at radius 3 is 3.23 bits per heavy atom. The van der Waals surface area contributed by atoms with Gasteiger partial charge in [0.2, 0.25) is 0 Å². The summed E-state index contributed by atoms with van der Waals surface area (Å²) in [6.45, 7) is 2.84. The lowest BCUT2D eigenvalue weighted by Crippen LogP contribution is -2.28. The number of aliphatic hydroxyl groups excluding tert-OH is 1. The van der Waals surface area contributed by atoms with E-state index in [9.17, 15) is 0 Å². The van der Waals surface area contributed by atoms with Crippen LogP contribution in [0, 0.1) is 0 Å². The molecule has 1 aromatic rings. The molecule has 0 amide bonds. The van der Waals surface area contributed by atoms with Crippen molar-refractivity contribution >= 4 is 5.69 Å². The predicted molar refractivity (Wildman–Crippen MR) is 50.9 cm³/mol. The Morgan fingerprint density at radius 2 is 2.46 bits per heavy atom. The van der Waals surface area contributed by atoms with Gasteiger partial charge in [-0.2, -0.15) is 0 Å². The average molecular weight is 179 g/mol. The van der Waals surface area contributed by atoms with Crippen molar-refractivity contribution in [3.63, 3.8) is 0 Å². The zero-order valence-electron chi connectivity index (χ0n) is 7.58. The standard InChI is InChI=1S/C10H13NO2/c1-7-6-13-10-3-2-8(5-12)4-9(10)11-7/h2-4,7,11-12H,5-6H2,1H3. The number of hydrogen-bond acceptors (Lipinski definition) is 3. The van der Waals surface area contributed by atoms with E-state index in [2.05, 4.69) is 12.2 Å². The van der Waals surface area contributed by atoms with Crippen molar-refractivity contribution in [2.24, 2.45) is 0 Å². The highest BCUT2D eigenvalue weighted by Gasteiger charge is 2.14. The van der Waals surface area contributed by atoms with Crippen LogP contribution in [0.25, 0.3) is 0 Å². The van der Waals surface area contributed by atoms with Crippen LogP contribution in [0.3, 0.4) is 0 Å². The van der Waals surface area contributed by atoms with Crippen LogP contribution in [0.15, 0.2) is 18.2 Å². The number of nitrogens with one attached hydrogen (secondary N) is 1. The molecule has 1 atom stereocenters. The van der Waals surface area contributed by atoms with Crippen molar-refractivity contribution in [1.82, 2.24) is 0 Å². The average Bonchev–Trinajstić information content (AvgIpc) is 2.16. The fourth-order valence-corrected chi connectivity index (χ4v) is 1.44. The zero-order chi connectivity index (χ0) is 9.26. The van der Waals surface area contributed by atoms with E-state index in [1.165, 1.54) is 0 Å². The van der Waals surface area contributed by atoms with E-state index in [0.717, 1.165) is 17.0 Å². The molecule has 0 saturated heterocycles. The predicted octanol–water partition coefficient (Wildman–Crippen LogP) is 1.37. The fourth-order valence-electron chi connectivity index (χ4n) is 1.44. The van der Waals surface area contributed by atoms with Gasteiger partial charge in [-0.25, -0.2) is 0 Å². The molecule has 0 radical (unpaired) electrons. The first-order valence-electron chi connectivity index (χ1n) is 4.42. The van der Waals surface area contributed by atoms with E-state index in [4.69, 9.17) is 9.84 Å². The molecule has 1 aliphatic rings. The molecule has 1 aliphatic heterocycles. The third kappa shape index (κ3) is 1.60. The van der Waals surface area contributed by atoms with E-state index in [0.29, 0.717) is 12.6 Å². The molecule has 3 heteroatoms. The summed E-state index contributed by atoms with van der Waals surface area (Å²) in [6.07, 6.45) is 0. The maximum atomic E-state index is 8.94. The summed E-state index contributed by atoms with van der Waals surface area (Å²) in [4.78, 5) is 0. The largest absolute Gasteiger partial charge is 0.489 e. The molecule has 2 N–H and O–H groups in total. The monoisotopic (exact) mass is 179 g/mol. The van der Waals surface area contributed by atoms with Gasteiger partial charge in [-0.1, -0.05) is 6.07 Å². The Hall–Kier alpha value is -1.22. The third-order valence-electron chi connectivity index (χ3n) is 2.12. The highest BCUT2D eigenvalue weighted by Crippen LogP contribution is 2.29. The Labute approximate surface area is 77.3 Å². The van der Waals surface area contributed by atoms with E-state index >= 15 is 0 Å². The lowest BCUT2D eigenvalue weighted by Gasteiger charge is -2.25. The first-order chi connectivity index (χ1) is 6.29. The molecule has 13 heavy (non-hydrogen) atoms. The van der Waals surface area contributed by atoms with Gasteiger partial charge in [-0.3, -0.25) is 0 Å². The minimum atomic E-state index is 0.0728. The van der Waals surface area contributed by atoms with Crippen LogP contribution < -0.4 is 10.1 Å². The molecule has 70 valence electrons. The molecule has 0 spiro atoms. The maximum absolute atomic E-state index is 8.94. The highest BCUT2D eigenvalue weighted by atomic mass is 16.5. The molecule has 0 aliphatic carbocycles. The van der Waals surface area contributed by atoms with Gasteiger partial charge in [0.25, 0.3) is 0 Å². The van der Waals surface area contributed by atoms with E-state index in [1.807, 2.05) is 18.2 Å². The second-order valence-corrected chi connectivity index (χ2v) is 3.35. The summed E-state index contributed by atoms with van der Waals surface area (Å²) in [7, 11) is 0. The molecule has 0 saturated carbocycles. The quantitative estimate of drug-likeness (QED) is 0.684. The van der Waals surface area contributed by atoms with Crippen LogP contribution in [0.5, 0.6) is 5.75 Å². The number of anilines is 1. The lowest BCUT2D eigenvalue weighted by atomic mass is 10.1. The van der Waals surface area contributed by atoms with Gasteiger partial charge in [-0.15, -0.1) is 0 Å². The van der Waals surface area contributed by atoms with Gasteiger partial charge in [0.15, 0.2) is 0 Å². The van der Waals surface area contributed by atoms with E-state index in [-0.39, 0.29) is 6.61 Å². The van der Waals surface area contributed by atoms with Crippen LogP contribution in [0.4, 0.5) is 5.69 Å². The second-order valence-electron chi connectivity index (χ2n) is 3.35. The first kappa shape index (κ1) is 8.38. The van der Waals surface area contributed by atoms with Gasteiger partial charge >= 0.3 is 0 Å². The third-order valence-corrected chi connectivity index (χ3v) is 2.12. The summed E-state index contributed by atoms with van der Waals surface area (Å²) in [5.74, 6) is 0.871. The Kier molecular flexibility index (Phi) is 2.10. The van der Waals surface area contributed by atoms with Crippen LogP contribution in [-0.2, 0) is 6.61 Å². The van der Waals surface area contributed by atoms with E-state index < -0.39 is 0 Å². The normalized spacial score (nSPS) is 20.0. The molecule has 0 bridgehead atoms. The summed E-state index contributed by atoms with van der Waals surface area (Å²) in [5.41, 5.74) is 1.88. The van der Waals surface area contributed by atoms with Gasteiger partial charge in [0.05, 0.1) is 18.3 Å². The number of benzene rings is 1. The van der Waals surface area contributed by atoms with Crippen LogP contribution in [0.1, 0.15) is 12.5 Å². The topological polar surface area (TPSA) is 41.5 Å². The molecule has 1 heterocycles. The molecular weight excluding hydrogens is 166 g/mol. The first-order valence-corrected chi connectivity index (χ1v) is 4.42. The summed E-state index contributed by atoms with van der Waals surface area (Å²) in [6, 6.07) is 6.02. The smallest absolute Gasteiger partial charge is 0.142 e. The molecular formula is C10H13NO2. The number of hydrogen-bond donors (Lipinski definition) is 2. The summed E-state index contributed by atoms with van der Waals surface area (Å²) in [5, 5.41) is 12.2. The van der Waals surface area contributed by atoms with Crippen molar-refractivity contribution in [2.75, 3.05) is 11.9 Å². The van der Waals surface area contributed by atoms with Gasteiger partial charge in [0.1, 0.15) is 12.4 Å². The maximum Gasteiger partial charge on any atom is 0.142 e. The van der Waals surface area contributed by atoms with Gasteiger partial charge in [-0.05, 0) is 24.6 Å². The minimum absolute atomic E-state index is 0.0728. The van der Waals surface area contributed by atoms with Crippen LogP contribution in [0.2, 0.25) is 0 Å². The molecule has 0 aromatic heterocycles. The SMILES string of the molecule is CC1COc2ccc(CO)cc2N1. The number of aliphatic hydroxyl groups is 1. The van der Waals surface area contributed by atoms with Gasteiger partial charge in [0, 0.05) is 0 Å². The highest BCUT2D eigenvalue weighted by molar-refractivity contribution is 5.59. The number of fused-ring (bicyclic) bond motifs is 1. The lowest BCUT2D eigenvalue weighted by molar-refractivity contribution is 0.279. The van der Waals surface area contributed by atoms with Crippen molar-refractivity contribution in [1.29, 1.82) is 0 Å². The van der Waals surface area contributed by atoms with Crippen molar-refractivity contribution in [2.45, 2.75) is 19.6 Å². The fraction of sp³-hybridized carbons (Fsp3) is 0.400. The zero-order valence-corrected chi connectivity index (χ0v) is 7.58. The Morgan fingerprint density at radius 1 is 1.62 bits per heavy atom. The molecule has 1 aromatic carbocycles. The molecule has 3 nitrogen and oxygen atoms in total. The second kappa shape index (κ2) is 3.26. The Bertz CT molecular complexity index is 312. The van der Waals surface area contributed by atoms with Crippen LogP contribution in [-0.4, -0.2) is 17.8 Å². The number of rotatable bonds is 1. The molecule has 1 unspecified atom stereocenters. The molecule has 2 rings (SSSR count). The van der Waals surface area contributed by atoms with Gasteiger partial charge < -0.3 is 15.2 Å². The van der Waals surface area contributed by atoms with Crippen LogP contribution >= 0.6 is 0 Å². The van der Waals surface area contributed by atoms with Crippen molar-refractivity contribution < 1.29 is 9.84 Å². The summed E-state index contributed by atoms with van der Waals surface area (Å²) >= 11 is 0. The van der Waals surface area contributed by atoms with Crippen molar-refractivity contribution in [3.8, 4) is 5.75 Å².